The van der Waals surface area contributed by atoms with Gasteiger partial charge < -0.3 is 30.2 Å². The van der Waals surface area contributed by atoms with Gasteiger partial charge in [0.2, 0.25) is 14.7 Å². The molecule has 1 fully saturated rings. The Morgan fingerprint density at radius 3 is 1.00 bits per heavy atom. The molecule has 1 aliphatic heterocycles. The van der Waals surface area contributed by atoms with Crippen LogP contribution in [0.15, 0.2) is 0 Å². The van der Waals surface area contributed by atoms with Crippen molar-refractivity contribution in [1.29, 1.82) is 0 Å². The molecule has 1 aliphatic rings. The number of hydrogen-bond donors (Lipinski definition) is 6. The van der Waals surface area contributed by atoms with Gasteiger partial charge in [-0.15, -0.1) is 0 Å². The van der Waals surface area contributed by atoms with Crippen molar-refractivity contribution in [3.8, 4) is 0 Å². The smallest absolute Gasteiger partial charge is 0.317 e. The summed E-state index contributed by atoms with van der Waals surface area (Å²) >= 11 is 0. The van der Waals surface area contributed by atoms with Crippen molar-refractivity contribution in [1.82, 2.24) is 19.6 Å². The molecular formula is C20H38N4O12P2. The zero-order valence-corrected chi connectivity index (χ0v) is 22.9. The Kier molecular flexibility index (Phi) is 14.6. The van der Waals surface area contributed by atoms with Crippen LogP contribution < -0.4 is 0 Å². The highest BCUT2D eigenvalue weighted by Crippen LogP contribution is 2.43. The second-order valence-corrected chi connectivity index (χ2v) is 14.1. The minimum absolute atomic E-state index is 0.108. The van der Waals surface area contributed by atoms with Gasteiger partial charge >= 0.3 is 23.9 Å². The summed E-state index contributed by atoms with van der Waals surface area (Å²) in [6, 6.07) is 0. The van der Waals surface area contributed by atoms with Crippen molar-refractivity contribution in [2.24, 2.45) is 0 Å². The molecule has 0 saturated carbocycles. The van der Waals surface area contributed by atoms with E-state index in [1.165, 1.54) is 0 Å². The molecule has 0 aromatic rings. The highest BCUT2D eigenvalue weighted by Gasteiger charge is 2.28. The summed E-state index contributed by atoms with van der Waals surface area (Å²) in [6.07, 6.45) is -2.64. The summed E-state index contributed by atoms with van der Waals surface area (Å²) in [5.74, 6) is -4.65. The van der Waals surface area contributed by atoms with Crippen molar-refractivity contribution < 1.29 is 58.5 Å². The van der Waals surface area contributed by atoms with Crippen LogP contribution in [0.3, 0.4) is 0 Å². The Morgan fingerprint density at radius 1 is 0.500 bits per heavy atom. The number of rotatable bonds is 14. The topological polar surface area (TPSA) is 237 Å². The van der Waals surface area contributed by atoms with Crippen molar-refractivity contribution in [3.63, 3.8) is 0 Å². The predicted molar refractivity (Wildman–Crippen MR) is 135 cm³/mol. The first-order valence-corrected chi connectivity index (χ1v) is 16.0. The number of carbonyl (C=O) groups is 4. The van der Waals surface area contributed by atoms with Gasteiger partial charge in [0.25, 0.3) is 0 Å². The summed E-state index contributed by atoms with van der Waals surface area (Å²) in [6.45, 7) is 0.475. The van der Waals surface area contributed by atoms with Gasteiger partial charge in [0.1, 0.15) is 0 Å². The fraction of sp³-hybridized carbons (Fsp3) is 0.800. The van der Waals surface area contributed by atoms with Crippen LogP contribution in [0.25, 0.3) is 0 Å². The van der Waals surface area contributed by atoms with E-state index in [1.54, 1.807) is 19.6 Å². The number of carboxylic acids is 4. The summed E-state index contributed by atoms with van der Waals surface area (Å²) in [4.78, 5) is 71.3. The second kappa shape index (κ2) is 16.3. The van der Waals surface area contributed by atoms with Gasteiger partial charge in [0, 0.05) is 64.7 Å². The van der Waals surface area contributed by atoms with E-state index in [0.717, 1.165) is 0 Å². The number of hydrogen-bond acceptors (Lipinski definition) is 10. The lowest BCUT2D eigenvalue weighted by atomic mass is 10.3. The van der Waals surface area contributed by atoms with E-state index < -0.39 is 63.8 Å². The molecule has 220 valence electrons. The standard InChI is InChI=1S/C20H38N4O12P2/c25-17(26)1-11-37(33,34)15-23-7-5-21(13-19(29)30)3-4-22(14-20(31)32)6-8-24(10-9-23)16-38(35,36)12-2-18(27)28/h1-16H2,(H,25,26)(H,27,28)(H,29,30)(H,31,32)(H,33,34)(H,35,36). The maximum atomic E-state index is 12.7. The van der Waals surface area contributed by atoms with E-state index >= 15 is 0 Å². The first kappa shape index (κ1) is 34.1. The van der Waals surface area contributed by atoms with Crippen LogP contribution >= 0.6 is 14.7 Å². The van der Waals surface area contributed by atoms with Crippen molar-refractivity contribution in [2.45, 2.75) is 12.8 Å². The van der Waals surface area contributed by atoms with Crippen molar-refractivity contribution in [2.75, 3.05) is 90.3 Å². The van der Waals surface area contributed by atoms with Crippen LogP contribution in [0, 0.1) is 0 Å². The molecule has 0 bridgehead atoms. The van der Waals surface area contributed by atoms with Crippen LogP contribution in [0.2, 0.25) is 0 Å². The SMILES string of the molecule is O=C(O)CCP(=O)(O)CN1CCN(CC(=O)O)CCN(CC(=O)O)CCN(CP(=O)(O)CCC(=O)O)CC1. The summed E-state index contributed by atoms with van der Waals surface area (Å²) < 4.78 is 25.3. The van der Waals surface area contributed by atoms with E-state index in [1.807, 2.05) is 0 Å². The minimum Gasteiger partial charge on any atom is -0.481 e. The van der Waals surface area contributed by atoms with Gasteiger partial charge in [-0.05, 0) is 0 Å². The van der Waals surface area contributed by atoms with Gasteiger partial charge in [0.05, 0.1) is 38.5 Å². The van der Waals surface area contributed by atoms with E-state index in [2.05, 4.69) is 0 Å². The Labute approximate surface area is 220 Å². The van der Waals surface area contributed by atoms with Gasteiger partial charge in [-0.1, -0.05) is 0 Å². The maximum absolute atomic E-state index is 12.7. The Balaban J connectivity index is 3.13. The normalized spacial score (nSPS) is 20.9. The average molecular weight is 588 g/mol. The van der Waals surface area contributed by atoms with Crippen LogP contribution in [0.1, 0.15) is 12.8 Å². The molecule has 6 N–H and O–H groups in total. The van der Waals surface area contributed by atoms with Gasteiger partial charge in [0.15, 0.2) is 0 Å². The Morgan fingerprint density at radius 2 is 0.763 bits per heavy atom. The number of aliphatic carboxylic acids is 4. The zero-order valence-electron chi connectivity index (χ0n) is 21.1. The molecule has 2 unspecified atom stereocenters. The molecule has 1 heterocycles. The first-order valence-electron chi connectivity index (χ1n) is 11.9. The Hall–Kier alpha value is -1.90. The van der Waals surface area contributed by atoms with Crippen molar-refractivity contribution in [3.05, 3.63) is 0 Å². The fourth-order valence-corrected chi connectivity index (χ4v) is 7.05. The molecule has 38 heavy (non-hydrogen) atoms. The average Bonchev–Trinajstić information content (AvgIpc) is 2.77. The monoisotopic (exact) mass is 588 g/mol. The lowest BCUT2D eigenvalue weighted by Gasteiger charge is -2.34. The Bertz CT molecular complexity index is 848. The summed E-state index contributed by atoms with van der Waals surface area (Å²) in [5.41, 5.74) is 0. The number of nitrogens with zero attached hydrogens (tertiary/aromatic N) is 4. The van der Waals surface area contributed by atoms with E-state index in [-0.39, 0.29) is 78.0 Å². The third-order valence-electron chi connectivity index (χ3n) is 5.84. The molecular weight excluding hydrogens is 550 g/mol. The summed E-state index contributed by atoms with van der Waals surface area (Å²) in [7, 11) is -7.80. The molecule has 18 heteroatoms. The first-order chi connectivity index (χ1) is 17.6. The second-order valence-electron chi connectivity index (χ2n) is 9.29. The van der Waals surface area contributed by atoms with Gasteiger partial charge in [-0.3, -0.25) is 47.9 Å². The highest BCUT2D eigenvalue weighted by molar-refractivity contribution is 7.58. The molecule has 0 aromatic heterocycles. The quantitative estimate of drug-likeness (QED) is 0.130. The van der Waals surface area contributed by atoms with E-state index in [9.17, 15) is 48.3 Å². The van der Waals surface area contributed by atoms with E-state index in [0.29, 0.717) is 0 Å². The fourth-order valence-electron chi connectivity index (χ4n) is 3.87. The highest BCUT2D eigenvalue weighted by atomic mass is 31.2. The third-order valence-corrected chi connectivity index (χ3v) is 9.37. The van der Waals surface area contributed by atoms with Crippen LogP contribution in [0.5, 0.6) is 0 Å². The third kappa shape index (κ3) is 16.1. The molecule has 0 aliphatic carbocycles. The lowest BCUT2D eigenvalue weighted by Crippen LogP contribution is -2.48. The van der Waals surface area contributed by atoms with Crippen LogP contribution in [-0.4, -0.2) is 164 Å². The van der Waals surface area contributed by atoms with Crippen LogP contribution in [0.4, 0.5) is 0 Å². The predicted octanol–water partition coefficient (Wildman–Crippen LogP) is -1.22. The van der Waals surface area contributed by atoms with Crippen molar-refractivity contribution >= 4 is 38.6 Å². The molecule has 0 aromatic carbocycles. The number of carboxylic acid groups (broad SMARTS) is 4. The van der Waals surface area contributed by atoms with E-state index in [4.69, 9.17) is 10.2 Å². The molecule has 1 rings (SSSR count). The van der Waals surface area contributed by atoms with Gasteiger partial charge in [-0.25, -0.2) is 0 Å². The minimum atomic E-state index is -3.90. The molecule has 2 atom stereocenters. The molecule has 0 amide bonds. The molecule has 16 nitrogen and oxygen atoms in total. The maximum Gasteiger partial charge on any atom is 0.317 e. The molecule has 0 radical (unpaired) electrons. The summed E-state index contributed by atoms with van der Waals surface area (Å²) in [5, 5.41) is 36.3. The molecule has 0 spiro atoms. The largest absolute Gasteiger partial charge is 0.481 e. The lowest BCUT2D eigenvalue weighted by molar-refractivity contribution is -0.140. The molecule has 1 saturated heterocycles. The van der Waals surface area contributed by atoms with Crippen LogP contribution in [-0.2, 0) is 28.3 Å². The van der Waals surface area contributed by atoms with Gasteiger partial charge in [-0.2, -0.15) is 0 Å². The zero-order chi connectivity index (χ0) is 28.9.